The van der Waals surface area contributed by atoms with Crippen molar-refractivity contribution in [3.8, 4) is 0 Å². The van der Waals surface area contributed by atoms with Crippen LogP contribution in [0.1, 0.15) is 24.6 Å². The summed E-state index contributed by atoms with van der Waals surface area (Å²) in [6, 6.07) is 4.26. The lowest BCUT2D eigenvalue weighted by Crippen LogP contribution is -2.37. The summed E-state index contributed by atoms with van der Waals surface area (Å²) in [6.07, 6.45) is 3.98. The van der Waals surface area contributed by atoms with Gasteiger partial charge in [-0.15, -0.1) is 0 Å². The van der Waals surface area contributed by atoms with Gasteiger partial charge < -0.3 is 9.64 Å². The molecule has 1 aliphatic rings. The van der Waals surface area contributed by atoms with Crippen LogP contribution >= 0.6 is 0 Å². The van der Waals surface area contributed by atoms with Gasteiger partial charge in [0.1, 0.15) is 6.61 Å². The van der Waals surface area contributed by atoms with Gasteiger partial charge in [-0.1, -0.05) is 13.0 Å². The molecule has 5 heteroatoms. The molecule has 0 atom stereocenters. The lowest BCUT2D eigenvalue weighted by Gasteiger charge is -2.21. The second-order valence-corrected chi connectivity index (χ2v) is 5.45. The Hall–Kier alpha value is -1.46. The van der Waals surface area contributed by atoms with Crippen molar-refractivity contribution in [2.45, 2.75) is 26.3 Å². The SMILES string of the molecule is CCc1ccc(CN2CCCN(C(=O)COC)CC2)nc1. The van der Waals surface area contributed by atoms with E-state index >= 15 is 0 Å². The van der Waals surface area contributed by atoms with Crippen LogP contribution in [0.3, 0.4) is 0 Å². The maximum absolute atomic E-state index is 11.9. The number of methoxy groups -OCH3 is 1. The van der Waals surface area contributed by atoms with Crippen molar-refractivity contribution >= 4 is 5.91 Å². The van der Waals surface area contributed by atoms with Crippen LogP contribution in [0.25, 0.3) is 0 Å². The molecule has 21 heavy (non-hydrogen) atoms. The summed E-state index contributed by atoms with van der Waals surface area (Å²) in [5.74, 6) is 0.0878. The van der Waals surface area contributed by atoms with E-state index in [9.17, 15) is 4.79 Å². The summed E-state index contributed by atoms with van der Waals surface area (Å²) >= 11 is 0. The fraction of sp³-hybridized carbons (Fsp3) is 0.625. The molecule has 0 spiro atoms. The predicted octanol–water partition coefficient (Wildman–Crippen LogP) is 1.32. The molecule has 2 heterocycles. The van der Waals surface area contributed by atoms with Crippen LogP contribution in [0.15, 0.2) is 18.3 Å². The Bertz CT molecular complexity index is 447. The molecule has 0 aromatic carbocycles. The fourth-order valence-electron chi connectivity index (χ4n) is 2.58. The van der Waals surface area contributed by atoms with E-state index in [0.717, 1.165) is 51.3 Å². The summed E-state index contributed by atoms with van der Waals surface area (Å²) in [5, 5.41) is 0. The van der Waals surface area contributed by atoms with Crippen molar-refractivity contribution in [2.75, 3.05) is 39.9 Å². The number of pyridine rings is 1. The molecule has 1 aromatic heterocycles. The van der Waals surface area contributed by atoms with E-state index in [4.69, 9.17) is 4.74 Å². The van der Waals surface area contributed by atoms with Crippen LogP contribution in [-0.2, 0) is 22.5 Å². The first-order valence-electron chi connectivity index (χ1n) is 7.65. The van der Waals surface area contributed by atoms with E-state index in [2.05, 4.69) is 28.9 Å². The Morgan fingerprint density at radius 1 is 1.29 bits per heavy atom. The summed E-state index contributed by atoms with van der Waals surface area (Å²) in [4.78, 5) is 20.6. The van der Waals surface area contributed by atoms with Crippen molar-refractivity contribution in [3.05, 3.63) is 29.6 Å². The summed E-state index contributed by atoms with van der Waals surface area (Å²) in [5.41, 5.74) is 2.37. The molecule has 116 valence electrons. The third-order valence-corrected chi connectivity index (χ3v) is 3.89. The van der Waals surface area contributed by atoms with Crippen molar-refractivity contribution < 1.29 is 9.53 Å². The highest BCUT2D eigenvalue weighted by molar-refractivity contribution is 5.77. The molecule has 0 aliphatic carbocycles. The highest BCUT2D eigenvalue weighted by atomic mass is 16.5. The second-order valence-electron chi connectivity index (χ2n) is 5.45. The number of carbonyl (C=O) groups excluding carboxylic acids is 1. The van der Waals surface area contributed by atoms with E-state index in [1.54, 1.807) is 7.11 Å². The average molecular weight is 291 g/mol. The lowest BCUT2D eigenvalue weighted by atomic mass is 10.2. The minimum Gasteiger partial charge on any atom is -0.375 e. The minimum atomic E-state index is 0.0878. The third kappa shape index (κ3) is 4.79. The van der Waals surface area contributed by atoms with Crippen LogP contribution in [-0.4, -0.2) is 60.6 Å². The second kappa shape index (κ2) is 8.10. The standard InChI is InChI=1S/C16H25N3O2/c1-3-14-5-6-15(17-11-14)12-18-7-4-8-19(10-9-18)16(20)13-21-2/h5-6,11H,3-4,7-10,12-13H2,1-2H3. The van der Waals surface area contributed by atoms with Crippen LogP contribution in [0.4, 0.5) is 0 Å². The zero-order valence-electron chi connectivity index (χ0n) is 13.0. The zero-order valence-corrected chi connectivity index (χ0v) is 13.0. The first-order chi connectivity index (χ1) is 10.2. The molecular formula is C16H25N3O2. The zero-order chi connectivity index (χ0) is 15.1. The smallest absolute Gasteiger partial charge is 0.248 e. The van der Waals surface area contributed by atoms with Gasteiger partial charge in [-0.25, -0.2) is 0 Å². The van der Waals surface area contributed by atoms with E-state index in [1.165, 1.54) is 5.56 Å². The van der Waals surface area contributed by atoms with E-state index in [-0.39, 0.29) is 12.5 Å². The van der Waals surface area contributed by atoms with Crippen LogP contribution in [0.5, 0.6) is 0 Å². The molecule has 1 aromatic rings. The summed E-state index contributed by atoms with van der Waals surface area (Å²) < 4.78 is 4.93. The number of hydrogen-bond donors (Lipinski definition) is 0. The molecule has 1 amide bonds. The maximum atomic E-state index is 11.9. The van der Waals surface area contributed by atoms with Crippen LogP contribution < -0.4 is 0 Å². The summed E-state index contributed by atoms with van der Waals surface area (Å²) in [7, 11) is 1.56. The Morgan fingerprint density at radius 2 is 2.14 bits per heavy atom. The topological polar surface area (TPSA) is 45.7 Å². The van der Waals surface area contributed by atoms with Gasteiger partial charge >= 0.3 is 0 Å². The van der Waals surface area contributed by atoms with Gasteiger partial charge in [0.25, 0.3) is 0 Å². The van der Waals surface area contributed by atoms with Gasteiger partial charge in [0, 0.05) is 46.0 Å². The van der Waals surface area contributed by atoms with Gasteiger partial charge in [0.15, 0.2) is 0 Å². The quantitative estimate of drug-likeness (QED) is 0.821. The molecule has 0 radical (unpaired) electrons. The number of hydrogen-bond acceptors (Lipinski definition) is 4. The molecule has 0 saturated carbocycles. The molecule has 1 saturated heterocycles. The first kappa shape index (κ1) is 15.9. The Morgan fingerprint density at radius 3 is 2.81 bits per heavy atom. The number of ether oxygens (including phenoxy) is 1. The lowest BCUT2D eigenvalue weighted by molar-refractivity contribution is -0.135. The number of nitrogens with zero attached hydrogens (tertiary/aromatic N) is 3. The molecule has 0 N–H and O–H groups in total. The van der Waals surface area contributed by atoms with Gasteiger partial charge in [0.05, 0.1) is 5.69 Å². The third-order valence-electron chi connectivity index (χ3n) is 3.89. The number of aryl methyl sites for hydroxylation is 1. The average Bonchev–Trinajstić information content (AvgIpc) is 2.74. The Labute approximate surface area is 126 Å². The van der Waals surface area contributed by atoms with Crippen LogP contribution in [0.2, 0.25) is 0 Å². The molecule has 1 aliphatic heterocycles. The number of aromatic nitrogens is 1. The molecule has 1 fully saturated rings. The fourth-order valence-corrected chi connectivity index (χ4v) is 2.58. The van der Waals surface area contributed by atoms with Gasteiger partial charge in [-0.3, -0.25) is 14.7 Å². The van der Waals surface area contributed by atoms with Crippen LogP contribution in [0, 0.1) is 0 Å². The first-order valence-corrected chi connectivity index (χ1v) is 7.65. The monoisotopic (exact) mass is 291 g/mol. The molecular weight excluding hydrogens is 266 g/mol. The van der Waals surface area contributed by atoms with Gasteiger partial charge in [0.2, 0.25) is 5.91 Å². The summed E-state index contributed by atoms with van der Waals surface area (Å²) in [6.45, 7) is 6.67. The number of carbonyl (C=O) groups is 1. The molecule has 0 bridgehead atoms. The molecule has 0 unspecified atom stereocenters. The number of amides is 1. The van der Waals surface area contributed by atoms with Crippen molar-refractivity contribution in [1.29, 1.82) is 0 Å². The normalized spacial score (nSPS) is 16.8. The van der Waals surface area contributed by atoms with E-state index in [1.807, 2.05) is 11.1 Å². The predicted molar refractivity (Wildman–Crippen MR) is 82.0 cm³/mol. The Kier molecular flexibility index (Phi) is 6.14. The minimum absolute atomic E-state index is 0.0878. The van der Waals surface area contributed by atoms with E-state index in [0.29, 0.717) is 0 Å². The molecule has 5 nitrogen and oxygen atoms in total. The van der Waals surface area contributed by atoms with E-state index < -0.39 is 0 Å². The number of rotatable bonds is 5. The van der Waals surface area contributed by atoms with Gasteiger partial charge in [-0.2, -0.15) is 0 Å². The van der Waals surface area contributed by atoms with Crippen molar-refractivity contribution in [1.82, 2.24) is 14.8 Å². The maximum Gasteiger partial charge on any atom is 0.248 e. The van der Waals surface area contributed by atoms with Crippen molar-refractivity contribution in [3.63, 3.8) is 0 Å². The molecule has 2 rings (SSSR count). The largest absolute Gasteiger partial charge is 0.375 e. The van der Waals surface area contributed by atoms with Gasteiger partial charge in [-0.05, 0) is 24.5 Å². The Balaban J connectivity index is 1.86. The highest BCUT2D eigenvalue weighted by Crippen LogP contribution is 2.09. The van der Waals surface area contributed by atoms with Crippen molar-refractivity contribution in [2.24, 2.45) is 0 Å². The highest BCUT2D eigenvalue weighted by Gasteiger charge is 2.19.